The molecule has 0 aliphatic carbocycles. The molecule has 0 aliphatic heterocycles. The van der Waals surface area contributed by atoms with E-state index in [4.69, 9.17) is 0 Å². The Morgan fingerprint density at radius 1 is 1.00 bits per heavy atom. The van der Waals surface area contributed by atoms with Crippen LogP contribution in [0.3, 0.4) is 0 Å². The summed E-state index contributed by atoms with van der Waals surface area (Å²) in [5, 5.41) is 0. The Hall–Kier alpha value is -1.04. The van der Waals surface area contributed by atoms with E-state index in [1.54, 1.807) is 11.1 Å². The number of hydrogen-bond acceptors (Lipinski definition) is 0. The van der Waals surface area contributed by atoms with Crippen LogP contribution in [0.25, 0.3) is 5.57 Å². The van der Waals surface area contributed by atoms with Crippen LogP contribution in [0.5, 0.6) is 0 Å². The van der Waals surface area contributed by atoms with Gasteiger partial charge in [-0.3, -0.25) is 0 Å². The molecule has 1 aromatic carbocycles. The number of rotatable bonds is 4. The second-order valence-corrected chi connectivity index (χ2v) is 5.06. The molecule has 0 saturated heterocycles. The SMILES string of the molecule is CCC/C(C)=C(\CC)c1c(C)ccc(C)c1C. The first-order valence-electron chi connectivity index (χ1n) is 6.78. The summed E-state index contributed by atoms with van der Waals surface area (Å²) in [7, 11) is 0. The topological polar surface area (TPSA) is 0 Å². The summed E-state index contributed by atoms with van der Waals surface area (Å²) >= 11 is 0. The molecule has 0 bridgehead atoms. The van der Waals surface area contributed by atoms with Crippen molar-refractivity contribution in [1.82, 2.24) is 0 Å². The number of aryl methyl sites for hydroxylation is 2. The molecule has 0 N–H and O–H groups in total. The lowest BCUT2D eigenvalue weighted by Crippen LogP contribution is -1.98. The van der Waals surface area contributed by atoms with Crippen molar-refractivity contribution in [2.45, 2.75) is 60.8 Å². The highest BCUT2D eigenvalue weighted by molar-refractivity contribution is 5.73. The maximum atomic E-state index is 2.30. The molecule has 0 heteroatoms. The van der Waals surface area contributed by atoms with Crippen LogP contribution >= 0.6 is 0 Å². The molecule has 0 fully saturated rings. The Bertz CT molecular complexity index is 422. The average molecular weight is 230 g/mol. The Balaban J connectivity index is 3.40. The zero-order valence-corrected chi connectivity index (χ0v) is 12.3. The predicted molar refractivity (Wildman–Crippen MR) is 78.4 cm³/mol. The van der Waals surface area contributed by atoms with Crippen LogP contribution < -0.4 is 0 Å². The molecule has 0 unspecified atom stereocenters. The zero-order chi connectivity index (χ0) is 13.0. The Labute approximate surface area is 107 Å². The lowest BCUT2D eigenvalue weighted by Gasteiger charge is -2.17. The third-order valence-electron chi connectivity index (χ3n) is 3.74. The minimum Gasteiger partial charge on any atom is -0.0695 e. The molecular formula is C17H26. The molecular weight excluding hydrogens is 204 g/mol. The molecule has 0 nitrogen and oxygen atoms in total. The number of hydrogen-bond donors (Lipinski definition) is 0. The molecule has 0 aromatic heterocycles. The fourth-order valence-electron chi connectivity index (χ4n) is 2.63. The molecule has 0 atom stereocenters. The van der Waals surface area contributed by atoms with Crippen molar-refractivity contribution in [2.24, 2.45) is 0 Å². The first-order chi connectivity index (χ1) is 8.02. The van der Waals surface area contributed by atoms with E-state index >= 15 is 0 Å². The molecule has 0 aliphatic rings. The van der Waals surface area contributed by atoms with Crippen LogP contribution in [-0.4, -0.2) is 0 Å². The molecule has 0 spiro atoms. The van der Waals surface area contributed by atoms with Crippen LogP contribution in [0, 0.1) is 20.8 Å². The van der Waals surface area contributed by atoms with E-state index in [0.717, 1.165) is 6.42 Å². The normalized spacial score (nSPS) is 12.6. The van der Waals surface area contributed by atoms with Gasteiger partial charge in [-0.25, -0.2) is 0 Å². The van der Waals surface area contributed by atoms with Crippen LogP contribution in [-0.2, 0) is 0 Å². The van der Waals surface area contributed by atoms with Gasteiger partial charge in [0.05, 0.1) is 0 Å². The highest BCUT2D eigenvalue weighted by Gasteiger charge is 2.11. The van der Waals surface area contributed by atoms with Gasteiger partial charge in [0.25, 0.3) is 0 Å². The standard InChI is InChI=1S/C17H26/c1-7-9-13(4)16(8-2)17-14(5)11-10-12(3)15(17)6/h10-11H,7-9H2,1-6H3/b16-13+. The molecule has 0 heterocycles. The van der Waals surface area contributed by atoms with Crippen LogP contribution in [0.15, 0.2) is 17.7 Å². The maximum absolute atomic E-state index is 2.30. The van der Waals surface area contributed by atoms with Gasteiger partial charge in [-0.2, -0.15) is 0 Å². The van der Waals surface area contributed by atoms with Crippen LogP contribution in [0.4, 0.5) is 0 Å². The maximum Gasteiger partial charge on any atom is -0.0164 e. The van der Waals surface area contributed by atoms with Crippen LogP contribution in [0.1, 0.15) is 62.3 Å². The fraction of sp³-hybridized carbons (Fsp3) is 0.529. The van der Waals surface area contributed by atoms with Crippen molar-refractivity contribution < 1.29 is 0 Å². The lowest BCUT2D eigenvalue weighted by atomic mass is 9.88. The average Bonchev–Trinajstić information content (AvgIpc) is 2.30. The summed E-state index contributed by atoms with van der Waals surface area (Å²) in [6, 6.07) is 4.49. The van der Waals surface area contributed by atoms with E-state index in [9.17, 15) is 0 Å². The van der Waals surface area contributed by atoms with Crippen molar-refractivity contribution in [3.8, 4) is 0 Å². The predicted octanol–water partition coefficient (Wildman–Crippen LogP) is 5.60. The molecule has 17 heavy (non-hydrogen) atoms. The van der Waals surface area contributed by atoms with E-state index < -0.39 is 0 Å². The Morgan fingerprint density at radius 3 is 2.12 bits per heavy atom. The van der Waals surface area contributed by atoms with Gasteiger partial charge in [0, 0.05) is 0 Å². The number of allylic oxidation sites excluding steroid dienone is 2. The smallest absolute Gasteiger partial charge is 0.0164 e. The summed E-state index contributed by atoms with van der Waals surface area (Å²) in [6.07, 6.45) is 3.59. The molecule has 0 amide bonds. The lowest BCUT2D eigenvalue weighted by molar-refractivity contribution is 0.900. The highest BCUT2D eigenvalue weighted by Crippen LogP contribution is 2.31. The van der Waals surface area contributed by atoms with Crippen molar-refractivity contribution in [1.29, 1.82) is 0 Å². The monoisotopic (exact) mass is 230 g/mol. The summed E-state index contributed by atoms with van der Waals surface area (Å²) < 4.78 is 0. The van der Waals surface area contributed by atoms with Gasteiger partial charge < -0.3 is 0 Å². The van der Waals surface area contributed by atoms with Gasteiger partial charge in [0.2, 0.25) is 0 Å². The summed E-state index contributed by atoms with van der Waals surface area (Å²) in [4.78, 5) is 0. The van der Waals surface area contributed by atoms with Gasteiger partial charge in [0.15, 0.2) is 0 Å². The largest absolute Gasteiger partial charge is 0.0695 e. The van der Waals surface area contributed by atoms with Crippen LogP contribution in [0.2, 0.25) is 0 Å². The minimum absolute atomic E-state index is 1.14. The molecule has 94 valence electrons. The van der Waals surface area contributed by atoms with E-state index in [0.29, 0.717) is 0 Å². The molecule has 0 saturated carbocycles. The highest BCUT2D eigenvalue weighted by atomic mass is 14.2. The van der Waals surface area contributed by atoms with E-state index in [1.807, 2.05) is 0 Å². The second-order valence-electron chi connectivity index (χ2n) is 5.06. The summed E-state index contributed by atoms with van der Waals surface area (Å²) in [5.41, 5.74) is 8.90. The second kappa shape index (κ2) is 6.05. The van der Waals surface area contributed by atoms with Gasteiger partial charge in [-0.1, -0.05) is 38.0 Å². The molecule has 1 aromatic rings. The first-order valence-corrected chi connectivity index (χ1v) is 6.78. The third kappa shape index (κ3) is 3.00. The Kier molecular flexibility index (Phi) is 4.99. The first kappa shape index (κ1) is 14.0. The molecule has 0 radical (unpaired) electrons. The number of benzene rings is 1. The van der Waals surface area contributed by atoms with Crippen molar-refractivity contribution in [3.05, 3.63) is 40.0 Å². The van der Waals surface area contributed by atoms with Gasteiger partial charge >= 0.3 is 0 Å². The van der Waals surface area contributed by atoms with Crippen molar-refractivity contribution in [2.75, 3.05) is 0 Å². The third-order valence-corrected chi connectivity index (χ3v) is 3.74. The van der Waals surface area contributed by atoms with Gasteiger partial charge in [0.1, 0.15) is 0 Å². The van der Waals surface area contributed by atoms with E-state index in [2.05, 4.69) is 53.7 Å². The van der Waals surface area contributed by atoms with E-state index in [-0.39, 0.29) is 0 Å². The zero-order valence-electron chi connectivity index (χ0n) is 12.3. The van der Waals surface area contributed by atoms with Gasteiger partial charge in [-0.05, 0) is 68.4 Å². The van der Waals surface area contributed by atoms with Gasteiger partial charge in [-0.15, -0.1) is 0 Å². The Morgan fingerprint density at radius 2 is 1.59 bits per heavy atom. The summed E-state index contributed by atoms with van der Waals surface area (Å²) in [6.45, 7) is 13.5. The van der Waals surface area contributed by atoms with Crippen molar-refractivity contribution >= 4 is 5.57 Å². The quantitative estimate of drug-likeness (QED) is 0.632. The van der Waals surface area contributed by atoms with Crippen molar-refractivity contribution in [3.63, 3.8) is 0 Å². The minimum atomic E-state index is 1.14. The summed E-state index contributed by atoms with van der Waals surface area (Å²) in [5.74, 6) is 0. The van der Waals surface area contributed by atoms with E-state index in [1.165, 1.54) is 35.1 Å². The fourth-order valence-corrected chi connectivity index (χ4v) is 2.63. The molecule has 1 rings (SSSR count).